The van der Waals surface area contributed by atoms with Crippen molar-refractivity contribution in [2.24, 2.45) is 5.41 Å². The lowest BCUT2D eigenvalue weighted by Gasteiger charge is -2.30. The fourth-order valence-corrected chi connectivity index (χ4v) is 8.44. The maximum absolute atomic E-state index is 12.7. The van der Waals surface area contributed by atoms with E-state index in [4.69, 9.17) is 19.5 Å². The highest BCUT2D eigenvalue weighted by atomic mass is 32.2. The van der Waals surface area contributed by atoms with Gasteiger partial charge in [-0.2, -0.15) is 4.31 Å². The molecule has 0 aliphatic carbocycles. The Balaban J connectivity index is 1.49. The molecule has 55 heavy (non-hydrogen) atoms. The van der Waals surface area contributed by atoms with E-state index in [0.717, 1.165) is 48.2 Å². The van der Waals surface area contributed by atoms with Gasteiger partial charge in [0.2, 0.25) is 11.8 Å². The van der Waals surface area contributed by atoms with Gasteiger partial charge in [0.15, 0.2) is 22.8 Å². The highest BCUT2D eigenvalue weighted by Crippen LogP contribution is 2.61. The third-order valence-corrected chi connectivity index (χ3v) is 11.8. The van der Waals surface area contributed by atoms with E-state index >= 15 is 0 Å². The molecule has 2 aromatic heterocycles. The van der Waals surface area contributed by atoms with E-state index in [9.17, 15) is 57.9 Å². The summed E-state index contributed by atoms with van der Waals surface area (Å²) in [5, 5.41) is 26.4. The molecule has 10 N–H and O–H groups in total. The van der Waals surface area contributed by atoms with Crippen molar-refractivity contribution in [3.8, 4) is 0 Å². The first kappa shape index (κ1) is 46.9. The smallest absolute Gasteiger partial charge is 0.386 e. The summed E-state index contributed by atoms with van der Waals surface area (Å²) < 4.78 is 62.1. The summed E-state index contributed by atoms with van der Waals surface area (Å²) in [5.74, 6) is -1.04. The molecule has 7 atom stereocenters. The van der Waals surface area contributed by atoms with E-state index in [-0.39, 0.29) is 41.6 Å². The number of anilines is 1. The Bertz CT molecular complexity index is 1780. The monoisotopic (exact) mass is 865 g/mol. The minimum absolute atomic E-state index is 0.0321. The van der Waals surface area contributed by atoms with E-state index in [1.54, 1.807) is 0 Å². The maximum Gasteiger partial charge on any atom is 0.481 e. The highest BCUT2D eigenvalue weighted by molar-refractivity contribution is 8.13. The Morgan fingerprint density at radius 3 is 2.40 bits per heavy atom. The summed E-state index contributed by atoms with van der Waals surface area (Å²) in [4.78, 5) is 87.3. The molecular formula is C27H46N7O17P3S. The number of aromatic nitrogens is 4. The summed E-state index contributed by atoms with van der Waals surface area (Å²) in [5.41, 5.74) is 4.27. The van der Waals surface area contributed by atoms with E-state index in [1.807, 2.05) is 6.92 Å². The summed E-state index contributed by atoms with van der Waals surface area (Å²) in [6.07, 6.45) is -3.63. The number of ether oxygens (including phenoxy) is 1. The first-order valence-electron chi connectivity index (χ1n) is 16.6. The number of phosphoric acid groups is 3. The Morgan fingerprint density at radius 1 is 1.04 bits per heavy atom. The fourth-order valence-electron chi connectivity index (χ4n) is 4.89. The number of fused-ring (bicyclic) bond motifs is 1. The van der Waals surface area contributed by atoms with Gasteiger partial charge in [0.25, 0.3) is 0 Å². The normalized spacial score (nSPS) is 21.8. The number of nitrogens with two attached hydrogens (primary N) is 1. The van der Waals surface area contributed by atoms with Crippen molar-refractivity contribution in [1.82, 2.24) is 30.2 Å². The molecule has 2 amide bonds. The zero-order valence-electron chi connectivity index (χ0n) is 29.9. The van der Waals surface area contributed by atoms with Gasteiger partial charge in [-0.05, 0) is 6.42 Å². The average molecular weight is 866 g/mol. The van der Waals surface area contributed by atoms with Crippen molar-refractivity contribution in [2.45, 2.75) is 83.5 Å². The lowest BCUT2D eigenvalue weighted by Crippen LogP contribution is -2.46. The van der Waals surface area contributed by atoms with Crippen molar-refractivity contribution in [3.05, 3.63) is 12.7 Å². The second-order valence-corrected chi connectivity index (χ2v) is 18.1. The quantitative estimate of drug-likeness (QED) is 0.0534. The maximum atomic E-state index is 12.7. The molecule has 3 heterocycles. The first-order chi connectivity index (χ1) is 25.6. The van der Waals surface area contributed by atoms with Crippen LogP contribution in [-0.2, 0) is 50.7 Å². The van der Waals surface area contributed by atoms with Gasteiger partial charge in [-0.3, -0.25) is 32.5 Å². The van der Waals surface area contributed by atoms with Gasteiger partial charge in [0, 0.05) is 37.1 Å². The number of nitrogens with zero attached hydrogens (tertiary/aromatic N) is 4. The van der Waals surface area contributed by atoms with Crippen LogP contribution >= 0.6 is 35.2 Å². The summed E-state index contributed by atoms with van der Waals surface area (Å²) in [6.45, 7) is 2.59. The number of aliphatic hydroxyl groups excluding tert-OH is 2. The minimum Gasteiger partial charge on any atom is -0.386 e. The molecule has 1 aliphatic heterocycles. The fraction of sp³-hybridized carbons (Fsp3) is 0.704. The van der Waals surface area contributed by atoms with E-state index in [1.165, 1.54) is 13.8 Å². The number of unbranched alkanes of at least 4 members (excludes halogenated alkanes) is 2. The molecule has 24 nitrogen and oxygen atoms in total. The summed E-state index contributed by atoms with van der Waals surface area (Å²) in [6, 6.07) is 0. The number of thioether (sulfide) groups is 1. The number of aliphatic hydroxyl groups is 2. The summed E-state index contributed by atoms with van der Waals surface area (Å²) in [7, 11) is -16.4. The molecule has 312 valence electrons. The molecule has 1 fully saturated rings. The van der Waals surface area contributed by atoms with E-state index < -0.39 is 84.6 Å². The molecule has 0 spiro atoms. The molecular weight excluding hydrogens is 819 g/mol. The van der Waals surface area contributed by atoms with Crippen LogP contribution in [0.2, 0.25) is 0 Å². The van der Waals surface area contributed by atoms with Crippen molar-refractivity contribution in [2.75, 3.05) is 37.8 Å². The van der Waals surface area contributed by atoms with Crippen molar-refractivity contribution in [3.63, 3.8) is 0 Å². The largest absolute Gasteiger partial charge is 0.481 e. The number of carbonyl (C=O) groups excluding carboxylic acids is 3. The Morgan fingerprint density at radius 2 is 1.73 bits per heavy atom. The van der Waals surface area contributed by atoms with Crippen LogP contribution in [0.4, 0.5) is 5.82 Å². The van der Waals surface area contributed by atoms with Crippen LogP contribution in [0.3, 0.4) is 0 Å². The van der Waals surface area contributed by atoms with Crippen LogP contribution < -0.4 is 16.4 Å². The number of hydrogen-bond donors (Lipinski definition) is 9. The zero-order chi connectivity index (χ0) is 41.2. The Kier molecular flexibility index (Phi) is 17.3. The SMILES string of the molecule is CCCCCC(=O)SCCNC(=O)CCNC(=O)[C@H](O)C(C)(C)COP(=O)(O)OP(=O)(O)OC[C@H]1O[C@@H](n2cnc3c(N)ncnc32)C(O)[C@H]1OP(=O)(O)O. The van der Waals surface area contributed by atoms with Gasteiger partial charge in [-0.25, -0.2) is 28.6 Å². The van der Waals surface area contributed by atoms with Crippen molar-refractivity contribution < 1.29 is 80.5 Å². The Labute approximate surface area is 318 Å². The zero-order valence-corrected chi connectivity index (χ0v) is 33.4. The second kappa shape index (κ2) is 20.3. The molecule has 1 saturated heterocycles. The molecule has 3 rings (SSSR count). The molecule has 0 saturated carbocycles. The van der Waals surface area contributed by atoms with Gasteiger partial charge in [0.1, 0.15) is 36.3 Å². The molecule has 1 aliphatic rings. The predicted molar refractivity (Wildman–Crippen MR) is 191 cm³/mol. The highest BCUT2D eigenvalue weighted by Gasteiger charge is 2.50. The molecule has 0 aromatic carbocycles. The lowest BCUT2D eigenvalue weighted by molar-refractivity contribution is -0.137. The topological polar surface area (TPSA) is 364 Å². The van der Waals surface area contributed by atoms with Gasteiger partial charge in [-0.15, -0.1) is 0 Å². The van der Waals surface area contributed by atoms with Crippen molar-refractivity contribution in [1.29, 1.82) is 0 Å². The van der Waals surface area contributed by atoms with Crippen LogP contribution in [0, 0.1) is 5.41 Å². The van der Waals surface area contributed by atoms with Gasteiger partial charge >= 0.3 is 23.5 Å². The minimum atomic E-state index is -5.56. The standard InChI is InChI=1S/C27H46N7O17P3S/c1-4-5-6-7-18(36)55-11-10-29-17(35)8-9-30-25(39)22(38)27(2,3)13-48-54(45,46)51-53(43,44)47-12-16-21(50-52(40,41)42)20(37)26(49-16)34-15-33-19-23(28)31-14-32-24(19)34/h14-16,20-22,26,37-38H,4-13H2,1-3H3,(H,29,35)(H,30,39)(H,43,44)(H,45,46)(H2,28,31,32)(H2,40,41,42)/t16-,20?,21+,22+,26-/m1/s1. The molecule has 2 aromatic rings. The van der Waals surface area contributed by atoms with Crippen LogP contribution in [0.25, 0.3) is 11.2 Å². The molecule has 0 bridgehead atoms. The first-order valence-corrected chi connectivity index (χ1v) is 22.1. The van der Waals surface area contributed by atoms with Crippen molar-refractivity contribution >= 4 is 69.1 Å². The van der Waals surface area contributed by atoms with Gasteiger partial charge < -0.3 is 50.9 Å². The third-order valence-electron chi connectivity index (χ3n) is 7.75. The number of imidazole rings is 1. The Hall–Kier alpha value is -2.44. The van der Waals surface area contributed by atoms with E-state index in [2.05, 4.69) is 34.4 Å². The van der Waals surface area contributed by atoms with Crippen LogP contribution in [0.1, 0.15) is 59.1 Å². The number of rotatable bonds is 23. The number of phosphoric ester groups is 3. The number of nitrogen functional groups attached to an aromatic ring is 1. The average Bonchev–Trinajstić information content (AvgIpc) is 3.64. The summed E-state index contributed by atoms with van der Waals surface area (Å²) >= 11 is 1.12. The predicted octanol–water partition coefficient (Wildman–Crippen LogP) is 0.245. The number of hydrogen-bond acceptors (Lipinski definition) is 18. The van der Waals surface area contributed by atoms with Gasteiger partial charge in [-0.1, -0.05) is 45.4 Å². The lowest BCUT2D eigenvalue weighted by atomic mass is 9.87. The van der Waals surface area contributed by atoms with Crippen LogP contribution in [-0.4, -0.2) is 123 Å². The molecule has 3 unspecified atom stereocenters. The molecule has 0 radical (unpaired) electrons. The van der Waals surface area contributed by atoms with Crippen LogP contribution in [0.15, 0.2) is 12.7 Å². The number of amides is 2. The molecule has 28 heteroatoms. The number of nitrogens with one attached hydrogen (secondary N) is 2. The third kappa shape index (κ3) is 14.8. The van der Waals surface area contributed by atoms with Gasteiger partial charge in [0.05, 0.1) is 19.5 Å². The number of carbonyl (C=O) groups is 3. The second-order valence-electron chi connectivity index (χ2n) is 12.7. The van der Waals surface area contributed by atoms with E-state index in [0.29, 0.717) is 12.2 Å². The van der Waals surface area contributed by atoms with Crippen LogP contribution in [0.5, 0.6) is 0 Å².